The molecule has 1 aromatic carbocycles. The molecule has 1 aliphatic heterocycles. The maximum Gasteiger partial charge on any atom is 0.161 e. The number of hydrogen-bond acceptors (Lipinski definition) is 3. The van der Waals surface area contributed by atoms with Crippen molar-refractivity contribution < 1.29 is 9.18 Å². The minimum atomic E-state index is -0.364. The highest BCUT2D eigenvalue weighted by Gasteiger charge is 2.21. The number of carbonyl (C=O) groups excluding carboxylic acids is 1. The number of benzene rings is 1. The number of Topliss-reactive ketones (excluding diaryl/α,β-unsaturated/α-hetero) is 1. The molecule has 2 rings (SSSR count). The van der Waals surface area contributed by atoms with Crippen LogP contribution < -0.4 is 0 Å². The van der Waals surface area contributed by atoms with Gasteiger partial charge in [-0.05, 0) is 12.5 Å². The van der Waals surface area contributed by atoms with Crippen molar-refractivity contribution in [2.75, 3.05) is 6.54 Å². The first-order valence-corrected chi connectivity index (χ1v) is 6.31. The molecule has 0 radical (unpaired) electrons. The van der Waals surface area contributed by atoms with E-state index in [4.69, 9.17) is 0 Å². The Hall–Kier alpha value is -2.15. The summed E-state index contributed by atoms with van der Waals surface area (Å²) in [7, 11) is 0. The standard InChI is InChI=1S/C15H15FN2O/c1-2-3-6-9-18-11-12(19)10-15(17-18)13-7-4-5-8-14(13)16/h4-5,7-8H,2-3,10-11H2,1H3. The lowest BCUT2D eigenvalue weighted by Gasteiger charge is -2.19. The number of hydrazone groups is 1. The Morgan fingerprint density at radius 2 is 2.21 bits per heavy atom. The number of rotatable bonds is 2. The lowest BCUT2D eigenvalue weighted by Crippen LogP contribution is -2.30. The molecular weight excluding hydrogens is 243 g/mol. The summed E-state index contributed by atoms with van der Waals surface area (Å²) in [6, 6.07) is 9.16. The summed E-state index contributed by atoms with van der Waals surface area (Å²) in [5.74, 6) is 2.57. The van der Waals surface area contributed by atoms with Gasteiger partial charge in [-0.2, -0.15) is 5.10 Å². The molecule has 0 unspecified atom stereocenters. The Morgan fingerprint density at radius 3 is 2.95 bits per heavy atom. The summed E-state index contributed by atoms with van der Waals surface area (Å²) < 4.78 is 13.7. The number of hydrogen-bond donors (Lipinski definition) is 0. The van der Waals surface area contributed by atoms with Crippen molar-refractivity contribution >= 4 is 11.5 Å². The number of carbonyl (C=O) groups is 1. The monoisotopic (exact) mass is 258 g/mol. The molecule has 0 atom stereocenters. The Labute approximate surface area is 112 Å². The van der Waals surface area contributed by atoms with E-state index < -0.39 is 0 Å². The van der Waals surface area contributed by atoms with Gasteiger partial charge in [-0.1, -0.05) is 31.0 Å². The largest absolute Gasteiger partial charge is 0.297 e. The third-order valence-corrected chi connectivity index (χ3v) is 2.70. The van der Waals surface area contributed by atoms with E-state index >= 15 is 0 Å². The molecule has 0 fully saturated rings. The third-order valence-electron chi connectivity index (χ3n) is 2.70. The van der Waals surface area contributed by atoms with Crippen molar-refractivity contribution in [2.45, 2.75) is 26.2 Å². The van der Waals surface area contributed by atoms with Gasteiger partial charge in [-0.15, -0.1) is 0 Å². The van der Waals surface area contributed by atoms with E-state index in [0.717, 1.165) is 12.8 Å². The second kappa shape index (κ2) is 6.14. The average Bonchev–Trinajstić information content (AvgIpc) is 2.39. The van der Waals surface area contributed by atoms with Gasteiger partial charge in [0.1, 0.15) is 12.4 Å². The predicted octanol–water partition coefficient (Wildman–Crippen LogP) is 2.57. The summed E-state index contributed by atoms with van der Waals surface area (Å²) in [4.78, 5) is 11.7. The summed E-state index contributed by atoms with van der Waals surface area (Å²) in [6.45, 7) is 2.21. The normalized spacial score (nSPS) is 14.7. The topological polar surface area (TPSA) is 32.7 Å². The van der Waals surface area contributed by atoms with E-state index in [1.807, 2.05) is 6.92 Å². The van der Waals surface area contributed by atoms with E-state index in [9.17, 15) is 9.18 Å². The zero-order valence-electron chi connectivity index (χ0n) is 10.8. The molecule has 19 heavy (non-hydrogen) atoms. The maximum absolute atomic E-state index is 13.7. The summed E-state index contributed by atoms with van der Waals surface area (Å²) in [6.07, 6.45) is 1.88. The average molecular weight is 258 g/mol. The molecule has 0 amide bonds. The fourth-order valence-electron chi connectivity index (χ4n) is 1.81. The number of halogens is 1. The molecule has 0 saturated heterocycles. The molecule has 1 aliphatic rings. The van der Waals surface area contributed by atoms with E-state index in [1.54, 1.807) is 18.2 Å². The second-order valence-electron chi connectivity index (χ2n) is 4.34. The van der Waals surface area contributed by atoms with Crippen LogP contribution >= 0.6 is 0 Å². The van der Waals surface area contributed by atoms with Crippen LogP contribution in [0.2, 0.25) is 0 Å². The molecule has 0 saturated carbocycles. The molecule has 3 nitrogen and oxygen atoms in total. The Kier molecular flexibility index (Phi) is 4.30. The van der Waals surface area contributed by atoms with Gasteiger partial charge in [-0.25, -0.2) is 9.40 Å². The van der Waals surface area contributed by atoms with Gasteiger partial charge in [0.25, 0.3) is 0 Å². The van der Waals surface area contributed by atoms with E-state index in [-0.39, 0.29) is 24.6 Å². The number of unbranched alkanes of at least 4 members (excludes halogenated alkanes) is 1. The van der Waals surface area contributed by atoms with Crippen LogP contribution in [0.1, 0.15) is 31.7 Å². The molecule has 0 aliphatic carbocycles. The van der Waals surface area contributed by atoms with Crippen LogP contribution in [-0.4, -0.2) is 23.0 Å². The number of ketones is 1. The lowest BCUT2D eigenvalue weighted by molar-refractivity contribution is -0.118. The molecule has 0 spiro atoms. The van der Waals surface area contributed by atoms with Crippen molar-refractivity contribution in [1.29, 1.82) is 0 Å². The van der Waals surface area contributed by atoms with Crippen molar-refractivity contribution in [3.05, 3.63) is 35.6 Å². The fourth-order valence-corrected chi connectivity index (χ4v) is 1.81. The molecule has 0 aromatic heterocycles. The first-order valence-electron chi connectivity index (χ1n) is 6.31. The summed E-state index contributed by atoms with van der Waals surface area (Å²) in [5, 5.41) is 5.66. The SMILES string of the molecule is CCCC#CN1CC(=O)CC(c2ccccc2F)=N1. The molecule has 0 bridgehead atoms. The van der Waals surface area contributed by atoms with Gasteiger partial charge in [-0.3, -0.25) is 4.79 Å². The highest BCUT2D eigenvalue weighted by Crippen LogP contribution is 2.14. The molecule has 0 N–H and O–H groups in total. The zero-order chi connectivity index (χ0) is 13.7. The minimum absolute atomic E-state index is 0.000878. The first-order chi connectivity index (χ1) is 9.20. The van der Waals surface area contributed by atoms with Crippen LogP contribution in [0.15, 0.2) is 29.4 Å². The van der Waals surface area contributed by atoms with Crippen molar-refractivity contribution in [3.8, 4) is 12.0 Å². The predicted molar refractivity (Wildman–Crippen MR) is 72.0 cm³/mol. The zero-order valence-corrected chi connectivity index (χ0v) is 10.8. The van der Waals surface area contributed by atoms with Crippen LogP contribution in [0.25, 0.3) is 0 Å². The van der Waals surface area contributed by atoms with E-state index in [1.165, 1.54) is 11.1 Å². The Morgan fingerprint density at radius 1 is 1.42 bits per heavy atom. The van der Waals surface area contributed by atoms with Crippen molar-refractivity contribution in [1.82, 2.24) is 5.01 Å². The quantitative estimate of drug-likeness (QED) is 0.764. The van der Waals surface area contributed by atoms with Crippen LogP contribution in [0.5, 0.6) is 0 Å². The lowest BCUT2D eigenvalue weighted by atomic mass is 10.0. The molecular formula is C15H15FN2O. The van der Waals surface area contributed by atoms with Crippen molar-refractivity contribution in [3.63, 3.8) is 0 Å². The fraction of sp³-hybridized carbons (Fsp3) is 0.333. The van der Waals surface area contributed by atoms with Crippen LogP contribution in [0.4, 0.5) is 4.39 Å². The molecule has 4 heteroatoms. The molecule has 98 valence electrons. The Balaban J connectivity index is 2.27. The van der Waals surface area contributed by atoms with Crippen LogP contribution in [-0.2, 0) is 4.79 Å². The van der Waals surface area contributed by atoms with Gasteiger partial charge in [0.15, 0.2) is 5.78 Å². The smallest absolute Gasteiger partial charge is 0.161 e. The van der Waals surface area contributed by atoms with E-state index in [2.05, 4.69) is 17.1 Å². The molecule has 1 aromatic rings. The highest BCUT2D eigenvalue weighted by atomic mass is 19.1. The highest BCUT2D eigenvalue weighted by molar-refractivity contribution is 6.12. The third kappa shape index (κ3) is 3.41. The maximum atomic E-state index is 13.7. The van der Waals surface area contributed by atoms with Gasteiger partial charge in [0.05, 0.1) is 12.1 Å². The van der Waals surface area contributed by atoms with Gasteiger partial charge < -0.3 is 0 Å². The van der Waals surface area contributed by atoms with Gasteiger partial charge >= 0.3 is 0 Å². The van der Waals surface area contributed by atoms with Gasteiger partial charge in [0, 0.05) is 18.0 Å². The summed E-state index contributed by atoms with van der Waals surface area (Å²) in [5.41, 5.74) is 0.818. The second-order valence-corrected chi connectivity index (χ2v) is 4.34. The molecule has 1 heterocycles. The van der Waals surface area contributed by atoms with Crippen LogP contribution in [0.3, 0.4) is 0 Å². The summed E-state index contributed by atoms with van der Waals surface area (Å²) >= 11 is 0. The van der Waals surface area contributed by atoms with Crippen molar-refractivity contribution in [2.24, 2.45) is 5.10 Å². The first kappa shape index (κ1) is 13.3. The van der Waals surface area contributed by atoms with E-state index in [0.29, 0.717) is 11.3 Å². The minimum Gasteiger partial charge on any atom is -0.297 e. The Bertz CT molecular complexity index is 569. The number of nitrogens with zero attached hydrogens (tertiary/aromatic N) is 2. The van der Waals surface area contributed by atoms with Crippen LogP contribution in [0, 0.1) is 17.8 Å². The van der Waals surface area contributed by atoms with Gasteiger partial charge in [0.2, 0.25) is 0 Å².